The van der Waals surface area contributed by atoms with E-state index >= 15 is 0 Å². The molecule has 4 atom stereocenters. The lowest BCUT2D eigenvalue weighted by Crippen LogP contribution is -2.52. The van der Waals surface area contributed by atoms with Crippen molar-refractivity contribution in [3.63, 3.8) is 0 Å². The molecule has 0 radical (unpaired) electrons. The second kappa shape index (κ2) is 7.59. The van der Waals surface area contributed by atoms with Gasteiger partial charge in [-0.15, -0.1) is 0 Å². The van der Waals surface area contributed by atoms with Crippen molar-refractivity contribution in [2.24, 2.45) is 22.7 Å². The highest BCUT2D eigenvalue weighted by molar-refractivity contribution is 7.99. The lowest BCUT2D eigenvalue weighted by molar-refractivity contribution is -0.228. The Kier molecular flexibility index (Phi) is 5.20. The topological polar surface area (TPSA) is 36.9 Å². The van der Waals surface area contributed by atoms with Gasteiger partial charge in [0.1, 0.15) is 0 Å². The molecule has 0 amide bonds. The second-order valence-corrected chi connectivity index (χ2v) is 12.2. The van der Waals surface area contributed by atoms with Gasteiger partial charge in [0.15, 0.2) is 11.6 Å². The van der Waals surface area contributed by atoms with Crippen molar-refractivity contribution in [3.8, 4) is 0 Å². The quantitative estimate of drug-likeness (QED) is 0.422. The molecule has 0 bridgehead atoms. The van der Waals surface area contributed by atoms with Gasteiger partial charge in [0, 0.05) is 30.1 Å². The van der Waals surface area contributed by atoms with Crippen LogP contribution in [0, 0.1) is 22.7 Å². The Labute approximate surface area is 191 Å². The molecular formula is C26H38O4S. The molecule has 6 rings (SSSR count). The van der Waals surface area contributed by atoms with Gasteiger partial charge in [0.05, 0.1) is 26.4 Å². The summed E-state index contributed by atoms with van der Waals surface area (Å²) in [5, 5.41) is 0. The number of allylic oxidation sites excluding steroid dienone is 3. The van der Waals surface area contributed by atoms with Crippen molar-refractivity contribution in [2.75, 3.05) is 37.9 Å². The van der Waals surface area contributed by atoms with Crippen LogP contribution in [0.25, 0.3) is 0 Å². The van der Waals surface area contributed by atoms with E-state index < -0.39 is 0 Å². The minimum Gasteiger partial charge on any atom is -0.347 e. The summed E-state index contributed by atoms with van der Waals surface area (Å²) in [6, 6.07) is 0. The Balaban J connectivity index is 1.36. The van der Waals surface area contributed by atoms with Crippen LogP contribution < -0.4 is 0 Å². The third-order valence-corrected chi connectivity index (χ3v) is 10.6. The summed E-state index contributed by atoms with van der Waals surface area (Å²) in [6.45, 7) is 7.75. The molecule has 172 valence electrons. The van der Waals surface area contributed by atoms with Crippen LogP contribution in [0.1, 0.15) is 65.2 Å². The third kappa shape index (κ3) is 2.96. The summed E-state index contributed by atoms with van der Waals surface area (Å²) >= 11 is 2.09. The summed E-state index contributed by atoms with van der Waals surface area (Å²) in [5.41, 5.74) is 3.70. The first kappa shape index (κ1) is 21.2. The molecule has 0 N–H and O–H groups in total. The Morgan fingerprint density at radius 3 is 2.55 bits per heavy atom. The van der Waals surface area contributed by atoms with E-state index in [1.165, 1.54) is 30.8 Å². The van der Waals surface area contributed by atoms with Crippen molar-refractivity contribution in [3.05, 3.63) is 23.3 Å². The Bertz CT molecular complexity index is 778. The Morgan fingerprint density at radius 2 is 1.77 bits per heavy atom. The molecule has 2 spiro atoms. The van der Waals surface area contributed by atoms with Gasteiger partial charge in [0.25, 0.3) is 0 Å². The zero-order valence-corrected chi connectivity index (χ0v) is 20.1. The van der Waals surface area contributed by atoms with Crippen LogP contribution in [0.4, 0.5) is 0 Å². The average molecular weight is 447 g/mol. The van der Waals surface area contributed by atoms with E-state index in [4.69, 9.17) is 18.9 Å². The largest absolute Gasteiger partial charge is 0.347 e. The smallest absolute Gasteiger partial charge is 0.174 e. The number of ether oxygens (including phenoxy) is 4. The maximum Gasteiger partial charge on any atom is 0.174 e. The number of rotatable bonds is 4. The van der Waals surface area contributed by atoms with Gasteiger partial charge in [-0.25, -0.2) is 0 Å². The van der Waals surface area contributed by atoms with E-state index in [2.05, 4.69) is 37.8 Å². The zero-order valence-electron chi connectivity index (χ0n) is 19.3. The first-order valence-electron chi connectivity index (χ1n) is 12.6. The lowest BCUT2D eigenvalue weighted by Gasteiger charge is -2.56. The van der Waals surface area contributed by atoms with Crippen molar-refractivity contribution in [2.45, 2.75) is 76.8 Å². The van der Waals surface area contributed by atoms with E-state index in [1.54, 1.807) is 11.1 Å². The number of hydrogen-bond donors (Lipinski definition) is 0. The maximum atomic E-state index is 6.32. The van der Waals surface area contributed by atoms with Gasteiger partial charge < -0.3 is 18.9 Å². The fraction of sp³-hybridized carbons (Fsp3) is 0.846. The van der Waals surface area contributed by atoms with E-state index in [0.29, 0.717) is 11.8 Å². The molecule has 2 heterocycles. The normalized spacial score (nSPS) is 42.3. The molecule has 4 fully saturated rings. The molecule has 2 saturated heterocycles. The van der Waals surface area contributed by atoms with Crippen molar-refractivity contribution < 1.29 is 18.9 Å². The monoisotopic (exact) mass is 446 g/mol. The van der Waals surface area contributed by atoms with Gasteiger partial charge in [-0.05, 0) is 55.4 Å². The van der Waals surface area contributed by atoms with E-state index in [9.17, 15) is 0 Å². The average Bonchev–Trinajstić information content (AvgIpc) is 3.50. The summed E-state index contributed by atoms with van der Waals surface area (Å²) in [6.07, 6.45) is 14.2. The molecular weight excluding hydrogens is 408 g/mol. The lowest BCUT2D eigenvalue weighted by atomic mass is 9.50. The summed E-state index contributed by atoms with van der Waals surface area (Å²) in [7, 11) is 0. The fourth-order valence-corrected chi connectivity index (χ4v) is 8.97. The summed E-state index contributed by atoms with van der Waals surface area (Å²) in [4.78, 5) is 0. The first-order valence-corrected chi connectivity index (χ1v) is 13.8. The van der Waals surface area contributed by atoms with Crippen molar-refractivity contribution in [1.82, 2.24) is 0 Å². The molecule has 6 aliphatic rings. The van der Waals surface area contributed by atoms with Gasteiger partial charge in [-0.2, -0.15) is 11.8 Å². The Hall–Kier alpha value is -0.330. The standard InChI is InChI=1S/C26H38O4S/c1-3-31-17-12-24-10-11-25(27-13-14-28-25)18-19(24)4-5-20-21-7-9-26(29-15-16-30-26)23(21,2)8-6-22(20)24/h4,6,20-21H,3,5,7-18H2,1-2H3/t20-,21-,23-,24+/m0/s1. The zero-order chi connectivity index (χ0) is 21.2. The highest BCUT2D eigenvalue weighted by atomic mass is 32.2. The van der Waals surface area contributed by atoms with Crippen LogP contribution in [0.3, 0.4) is 0 Å². The fourth-order valence-electron chi connectivity index (χ4n) is 8.19. The minimum atomic E-state index is -0.341. The van der Waals surface area contributed by atoms with Crippen LogP contribution in [0.15, 0.2) is 23.3 Å². The molecule has 5 heteroatoms. The minimum absolute atomic E-state index is 0.107. The van der Waals surface area contributed by atoms with E-state index in [1.807, 2.05) is 0 Å². The van der Waals surface area contributed by atoms with Gasteiger partial charge >= 0.3 is 0 Å². The third-order valence-electron chi connectivity index (χ3n) is 9.73. The van der Waals surface area contributed by atoms with Crippen molar-refractivity contribution in [1.29, 1.82) is 0 Å². The molecule has 0 aromatic rings. The predicted molar refractivity (Wildman–Crippen MR) is 123 cm³/mol. The van der Waals surface area contributed by atoms with Crippen LogP contribution in [0.2, 0.25) is 0 Å². The van der Waals surface area contributed by atoms with Gasteiger partial charge in [0.2, 0.25) is 0 Å². The molecule has 4 aliphatic carbocycles. The van der Waals surface area contributed by atoms with Crippen molar-refractivity contribution >= 4 is 11.8 Å². The van der Waals surface area contributed by atoms with Gasteiger partial charge in [-0.3, -0.25) is 0 Å². The van der Waals surface area contributed by atoms with Gasteiger partial charge in [-0.1, -0.05) is 37.1 Å². The van der Waals surface area contributed by atoms with Crippen LogP contribution in [-0.4, -0.2) is 49.5 Å². The highest BCUT2D eigenvalue weighted by Gasteiger charge is 2.65. The molecule has 31 heavy (non-hydrogen) atoms. The molecule has 2 aliphatic heterocycles. The van der Waals surface area contributed by atoms with Crippen LogP contribution in [-0.2, 0) is 18.9 Å². The summed E-state index contributed by atoms with van der Waals surface area (Å²) in [5.74, 6) is 3.06. The predicted octanol–water partition coefficient (Wildman–Crippen LogP) is 5.48. The number of hydrogen-bond acceptors (Lipinski definition) is 5. The maximum absolute atomic E-state index is 6.32. The molecule has 0 aromatic heterocycles. The SMILES string of the molecule is CCSCC[C@]12CCC3(CC1=CC[C@@H]1C2=CC[C@@]2(C)[C@H]1CCC21OCCO1)OCCO3. The number of thioether (sulfide) groups is 1. The molecule has 0 unspecified atom stereocenters. The highest BCUT2D eigenvalue weighted by Crippen LogP contribution is 2.68. The second-order valence-electron chi connectivity index (χ2n) is 10.8. The molecule has 2 saturated carbocycles. The van der Waals surface area contributed by atoms with E-state index in [-0.39, 0.29) is 22.4 Å². The first-order chi connectivity index (χ1) is 15.1. The van der Waals surface area contributed by atoms with Crippen LogP contribution >= 0.6 is 11.8 Å². The number of fused-ring (bicyclic) bond motifs is 6. The molecule has 0 aromatic carbocycles. The van der Waals surface area contributed by atoms with Crippen LogP contribution in [0.5, 0.6) is 0 Å². The molecule has 4 nitrogen and oxygen atoms in total. The van der Waals surface area contributed by atoms with E-state index in [0.717, 1.165) is 58.5 Å². The summed E-state index contributed by atoms with van der Waals surface area (Å²) < 4.78 is 25.0. The Morgan fingerprint density at radius 1 is 1.00 bits per heavy atom.